The number of halogens is 4. The molecule has 11 heteroatoms. The van der Waals surface area contributed by atoms with E-state index in [2.05, 4.69) is 9.50 Å². The van der Waals surface area contributed by atoms with E-state index in [4.69, 9.17) is 16.3 Å². The molecule has 29 heavy (non-hydrogen) atoms. The van der Waals surface area contributed by atoms with Gasteiger partial charge in [0, 0.05) is 13.0 Å². The van der Waals surface area contributed by atoms with Gasteiger partial charge in [-0.05, 0) is 65.7 Å². The Bertz CT molecular complexity index is 1050. The van der Waals surface area contributed by atoms with Crippen LogP contribution in [-0.2, 0) is 16.2 Å². The van der Waals surface area contributed by atoms with E-state index < -0.39 is 32.0 Å². The zero-order valence-electron chi connectivity index (χ0n) is 15.0. The monoisotopic (exact) mass is 445 g/mol. The molecule has 1 heterocycles. The number of methoxy groups -OCH3 is 1. The van der Waals surface area contributed by atoms with Crippen molar-refractivity contribution in [3.63, 3.8) is 0 Å². The maximum Gasteiger partial charge on any atom is 0.416 e. The summed E-state index contributed by atoms with van der Waals surface area (Å²) in [6.07, 6.45) is -4.05. The number of benzene rings is 2. The molecule has 0 amide bonds. The standard InChI is InChI=1S/C18H15ClF3N3O3S/c1-28-14-6-2-12(3-7-14)16-10-11-25(23-16)17(19)24-29(26,27)15-8-4-13(5-9-15)18(20,21)22/h2-9H,10-11H2,1H3/b24-17+. The number of amidine groups is 1. The molecular formula is C18H15ClF3N3O3S. The number of hydrogen-bond donors (Lipinski definition) is 0. The topological polar surface area (TPSA) is 71.3 Å². The highest BCUT2D eigenvalue weighted by atomic mass is 35.5. The quantitative estimate of drug-likeness (QED) is 0.403. The van der Waals surface area contributed by atoms with E-state index in [1.54, 1.807) is 19.2 Å². The van der Waals surface area contributed by atoms with Crippen LogP contribution in [0.5, 0.6) is 5.75 Å². The molecule has 0 aromatic heterocycles. The summed E-state index contributed by atoms with van der Waals surface area (Å²) in [7, 11) is -2.74. The van der Waals surface area contributed by atoms with Crippen LogP contribution in [-0.4, -0.2) is 38.1 Å². The Morgan fingerprint density at radius 2 is 1.76 bits per heavy atom. The van der Waals surface area contributed by atoms with Crippen molar-refractivity contribution in [1.82, 2.24) is 5.01 Å². The van der Waals surface area contributed by atoms with Gasteiger partial charge in [-0.2, -0.15) is 26.7 Å². The molecule has 2 aromatic carbocycles. The summed E-state index contributed by atoms with van der Waals surface area (Å²) in [6, 6.07) is 10.2. The van der Waals surface area contributed by atoms with E-state index in [1.807, 2.05) is 12.1 Å². The Labute approximate surface area is 170 Å². The summed E-state index contributed by atoms with van der Waals surface area (Å²) >= 11 is 6.02. The number of hydrogen-bond acceptors (Lipinski definition) is 4. The molecule has 3 rings (SSSR count). The lowest BCUT2D eigenvalue weighted by molar-refractivity contribution is -0.137. The third-order valence-electron chi connectivity index (χ3n) is 4.11. The van der Waals surface area contributed by atoms with Crippen LogP contribution in [0.3, 0.4) is 0 Å². The molecule has 0 aliphatic carbocycles. The summed E-state index contributed by atoms with van der Waals surface area (Å²) in [4.78, 5) is -0.401. The van der Waals surface area contributed by atoms with E-state index in [-0.39, 0.29) is 0 Å². The zero-order chi connectivity index (χ0) is 21.2. The van der Waals surface area contributed by atoms with Crippen molar-refractivity contribution in [2.45, 2.75) is 17.5 Å². The maximum absolute atomic E-state index is 12.6. The third kappa shape index (κ3) is 4.88. The molecule has 2 aromatic rings. The molecule has 0 spiro atoms. The van der Waals surface area contributed by atoms with Gasteiger partial charge >= 0.3 is 6.18 Å². The van der Waals surface area contributed by atoms with E-state index in [0.29, 0.717) is 36.6 Å². The van der Waals surface area contributed by atoms with Gasteiger partial charge in [0.1, 0.15) is 5.75 Å². The second kappa shape index (κ2) is 8.03. The predicted octanol–water partition coefficient (Wildman–Crippen LogP) is 4.11. The molecule has 0 bridgehead atoms. The largest absolute Gasteiger partial charge is 0.497 e. The van der Waals surface area contributed by atoms with Crippen LogP contribution < -0.4 is 4.74 Å². The first-order chi connectivity index (χ1) is 13.6. The summed E-state index contributed by atoms with van der Waals surface area (Å²) in [5, 5.41) is 5.10. The first-order valence-electron chi connectivity index (χ1n) is 8.27. The summed E-state index contributed by atoms with van der Waals surface area (Å²) in [5.41, 5.74) is 0.552. The molecule has 6 nitrogen and oxygen atoms in total. The Kier molecular flexibility index (Phi) is 5.85. The fourth-order valence-electron chi connectivity index (χ4n) is 2.59. The summed E-state index contributed by atoms with van der Waals surface area (Å²) in [5.74, 6) is 0.687. The molecule has 0 radical (unpaired) electrons. The van der Waals surface area contributed by atoms with Crippen molar-refractivity contribution >= 4 is 32.6 Å². The van der Waals surface area contributed by atoms with Crippen LogP contribution in [0.25, 0.3) is 0 Å². The zero-order valence-corrected chi connectivity index (χ0v) is 16.6. The van der Waals surface area contributed by atoms with Crippen LogP contribution in [0.2, 0.25) is 0 Å². The predicted molar refractivity (Wildman–Crippen MR) is 103 cm³/mol. The molecule has 0 N–H and O–H groups in total. The Morgan fingerprint density at radius 1 is 1.14 bits per heavy atom. The number of nitrogens with zero attached hydrogens (tertiary/aromatic N) is 3. The van der Waals surface area contributed by atoms with Gasteiger partial charge in [0.25, 0.3) is 10.0 Å². The highest BCUT2D eigenvalue weighted by Crippen LogP contribution is 2.30. The number of hydrazone groups is 1. The molecule has 0 fully saturated rings. The summed E-state index contributed by atoms with van der Waals surface area (Å²) < 4.78 is 71.1. The van der Waals surface area contributed by atoms with Gasteiger partial charge in [-0.1, -0.05) is 0 Å². The van der Waals surface area contributed by atoms with Gasteiger partial charge in [-0.25, -0.2) is 5.01 Å². The second-order valence-electron chi connectivity index (χ2n) is 6.01. The van der Waals surface area contributed by atoms with Crippen LogP contribution >= 0.6 is 11.6 Å². The van der Waals surface area contributed by atoms with Gasteiger partial charge in [-0.15, -0.1) is 4.40 Å². The molecule has 154 valence electrons. The van der Waals surface area contributed by atoms with E-state index in [0.717, 1.165) is 17.7 Å². The number of alkyl halides is 3. The van der Waals surface area contributed by atoms with Gasteiger partial charge in [0.2, 0.25) is 5.29 Å². The van der Waals surface area contributed by atoms with Crippen LogP contribution in [0, 0.1) is 0 Å². The highest BCUT2D eigenvalue weighted by molar-refractivity contribution is 7.90. The molecule has 0 saturated carbocycles. The van der Waals surface area contributed by atoms with Gasteiger partial charge in [0.15, 0.2) is 0 Å². The first kappa shape index (κ1) is 21.1. The normalized spacial score (nSPS) is 15.4. The molecule has 1 aliphatic rings. The minimum Gasteiger partial charge on any atom is -0.497 e. The average molecular weight is 446 g/mol. The second-order valence-corrected chi connectivity index (χ2v) is 7.95. The van der Waals surface area contributed by atoms with Gasteiger partial charge < -0.3 is 4.74 Å². The minimum absolute atomic E-state index is 0.312. The Morgan fingerprint density at radius 3 is 2.31 bits per heavy atom. The Balaban J connectivity index is 1.80. The number of sulfonamides is 1. The van der Waals surface area contributed by atoms with Crippen molar-refractivity contribution in [2.24, 2.45) is 9.50 Å². The SMILES string of the molecule is COc1ccc(C2=NN(/C(Cl)=N/S(=O)(=O)c3ccc(C(F)(F)F)cc3)CC2)cc1. The van der Waals surface area contributed by atoms with Crippen molar-refractivity contribution < 1.29 is 26.3 Å². The highest BCUT2D eigenvalue weighted by Gasteiger charge is 2.31. The van der Waals surface area contributed by atoms with Crippen molar-refractivity contribution in [3.05, 3.63) is 59.7 Å². The summed E-state index contributed by atoms with van der Waals surface area (Å²) in [6.45, 7) is 0.312. The average Bonchev–Trinajstić information content (AvgIpc) is 3.17. The van der Waals surface area contributed by atoms with Crippen LogP contribution in [0.4, 0.5) is 13.2 Å². The smallest absolute Gasteiger partial charge is 0.416 e. The fourth-order valence-corrected chi connectivity index (χ4v) is 3.86. The molecule has 1 aliphatic heterocycles. The van der Waals surface area contributed by atoms with E-state index in [9.17, 15) is 21.6 Å². The molecular weight excluding hydrogens is 431 g/mol. The van der Waals surface area contributed by atoms with Crippen molar-refractivity contribution in [3.8, 4) is 5.75 Å². The lowest BCUT2D eigenvalue weighted by atomic mass is 10.1. The molecule has 0 unspecified atom stereocenters. The molecule has 0 saturated heterocycles. The number of rotatable bonds is 4. The minimum atomic E-state index is -4.56. The lowest BCUT2D eigenvalue weighted by Crippen LogP contribution is -2.20. The van der Waals surface area contributed by atoms with Crippen LogP contribution in [0.1, 0.15) is 17.5 Å². The van der Waals surface area contributed by atoms with Gasteiger partial charge in [0.05, 0.1) is 23.3 Å². The first-order valence-corrected chi connectivity index (χ1v) is 10.1. The fraction of sp³-hybridized carbons (Fsp3) is 0.222. The Hall–Kier alpha value is -2.59. The van der Waals surface area contributed by atoms with E-state index in [1.165, 1.54) is 5.01 Å². The maximum atomic E-state index is 12.6. The third-order valence-corrected chi connectivity index (χ3v) is 5.77. The molecule has 0 atom stereocenters. The van der Waals surface area contributed by atoms with Crippen LogP contribution in [0.15, 0.2) is 62.9 Å². The number of ether oxygens (including phenoxy) is 1. The van der Waals surface area contributed by atoms with E-state index >= 15 is 0 Å². The van der Waals surface area contributed by atoms with Crippen molar-refractivity contribution in [2.75, 3.05) is 13.7 Å². The lowest BCUT2D eigenvalue weighted by Gasteiger charge is -2.10. The van der Waals surface area contributed by atoms with Gasteiger partial charge in [-0.3, -0.25) is 0 Å². The van der Waals surface area contributed by atoms with Crippen molar-refractivity contribution in [1.29, 1.82) is 0 Å².